The molecule has 2 aliphatic rings. The molecule has 25 heavy (non-hydrogen) atoms. The maximum Gasteiger partial charge on any atom is 0.411 e. The van der Waals surface area contributed by atoms with Crippen molar-refractivity contribution < 1.29 is 23.8 Å². The lowest BCUT2D eigenvalue weighted by Crippen LogP contribution is -2.47. The molecule has 0 spiro atoms. The van der Waals surface area contributed by atoms with E-state index in [-0.39, 0.29) is 12.0 Å². The Morgan fingerprint density at radius 2 is 2.16 bits per heavy atom. The van der Waals surface area contributed by atoms with E-state index in [1.165, 1.54) is 20.0 Å². The van der Waals surface area contributed by atoms with Crippen LogP contribution in [0.4, 0.5) is 10.5 Å². The number of benzene rings is 1. The number of carbonyl (C=O) groups excluding carboxylic acids is 2. The third-order valence-corrected chi connectivity index (χ3v) is 4.32. The van der Waals surface area contributed by atoms with Crippen LogP contribution in [0.25, 0.3) is 0 Å². The molecule has 3 rings (SSSR count). The van der Waals surface area contributed by atoms with Crippen LogP contribution < -0.4 is 5.32 Å². The van der Waals surface area contributed by atoms with Gasteiger partial charge in [0.25, 0.3) is 5.91 Å². The molecular formula is C18H24N2O5. The first-order valence-corrected chi connectivity index (χ1v) is 8.59. The first-order chi connectivity index (χ1) is 12.2. The van der Waals surface area contributed by atoms with E-state index >= 15 is 0 Å². The third kappa shape index (κ3) is 5.17. The van der Waals surface area contributed by atoms with E-state index in [0.717, 1.165) is 6.61 Å². The molecular weight excluding hydrogens is 324 g/mol. The zero-order valence-corrected chi connectivity index (χ0v) is 14.4. The summed E-state index contributed by atoms with van der Waals surface area (Å²) in [7, 11) is 1.30. The number of morpholine rings is 1. The molecule has 1 aromatic carbocycles. The van der Waals surface area contributed by atoms with Crippen molar-refractivity contribution in [2.45, 2.75) is 18.9 Å². The maximum absolute atomic E-state index is 12.7. The Morgan fingerprint density at radius 3 is 2.92 bits per heavy atom. The van der Waals surface area contributed by atoms with Crippen LogP contribution in [-0.2, 0) is 14.2 Å². The monoisotopic (exact) mass is 348 g/mol. The van der Waals surface area contributed by atoms with Crippen molar-refractivity contribution in [3.8, 4) is 0 Å². The molecule has 0 bridgehead atoms. The fraction of sp³-hybridized carbons (Fsp3) is 0.556. The van der Waals surface area contributed by atoms with Crippen LogP contribution in [0.1, 0.15) is 23.2 Å². The quantitative estimate of drug-likeness (QED) is 0.852. The van der Waals surface area contributed by atoms with Crippen molar-refractivity contribution >= 4 is 17.7 Å². The predicted molar refractivity (Wildman–Crippen MR) is 91.7 cm³/mol. The van der Waals surface area contributed by atoms with Crippen LogP contribution in [0.15, 0.2) is 24.3 Å². The molecule has 1 heterocycles. The molecule has 0 aromatic heterocycles. The highest BCUT2D eigenvalue weighted by Crippen LogP contribution is 2.28. The number of nitrogens with zero attached hydrogens (tertiary/aromatic N) is 1. The van der Waals surface area contributed by atoms with Gasteiger partial charge in [-0.1, -0.05) is 6.07 Å². The Labute approximate surface area is 147 Å². The Bertz CT molecular complexity index is 617. The number of ether oxygens (including phenoxy) is 3. The normalized spacial score (nSPS) is 20.2. The van der Waals surface area contributed by atoms with Gasteiger partial charge < -0.3 is 19.1 Å². The largest absolute Gasteiger partial charge is 0.453 e. The average Bonchev–Trinajstić information content (AvgIpc) is 3.46. The zero-order chi connectivity index (χ0) is 17.6. The molecule has 2 fully saturated rings. The van der Waals surface area contributed by atoms with E-state index in [4.69, 9.17) is 9.47 Å². The van der Waals surface area contributed by atoms with Crippen LogP contribution >= 0.6 is 0 Å². The second-order valence-electron chi connectivity index (χ2n) is 6.42. The number of amides is 2. The van der Waals surface area contributed by atoms with E-state index in [1.807, 2.05) is 0 Å². The molecule has 2 amide bonds. The molecule has 1 saturated carbocycles. The molecule has 7 nitrogen and oxygen atoms in total. The molecule has 136 valence electrons. The van der Waals surface area contributed by atoms with Gasteiger partial charge in [0.2, 0.25) is 0 Å². The van der Waals surface area contributed by atoms with Crippen molar-refractivity contribution in [1.82, 2.24) is 4.90 Å². The molecule has 1 aliphatic heterocycles. The second-order valence-corrected chi connectivity index (χ2v) is 6.42. The van der Waals surface area contributed by atoms with E-state index in [0.29, 0.717) is 43.5 Å². The van der Waals surface area contributed by atoms with Crippen molar-refractivity contribution in [3.63, 3.8) is 0 Å². The minimum absolute atomic E-state index is 0.0796. The van der Waals surface area contributed by atoms with E-state index in [9.17, 15) is 9.59 Å². The van der Waals surface area contributed by atoms with Gasteiger partial charge in [-0.3, -0.25) is 10.1 Å². The molecule has 1 aromatic rings. The second kappa shape index (κ2) is 8.31. The van der Waals surface area contributed by atoms with Gasteiger partial charge in [0, 0.05) is 30.9 Å². The molecule has 1 unspecified atom stereocenters. The van der Waals surface area contributed by atoms with Crippen LogP contribution in [0.3, 0.4) is 0 Å². The lowest BCUT2D eigenvalue weighted by molar-refractivity contribution is -0.0628. The fourth-order valence-electron chi connectivity index (χ4n) is 2.74. The van der Waals surface area contributed by atoms with Gasteiger partial charge in [-0.15, -0.1) is 0 Å². The lowest BCUT2D eigenvalue weighted by Gasteiger charge is -2.33. The third-order valence-electron chi connectivity index (χ3n) is 4.32. The van der Waals surface area contributed by atoms with Gasteiger partial charge in [-0.2, -0.15) is 0 Å². The SMILES string of the molecule is COC(=O)Nc1cccc(C(=O)N2CCOC(COCC3CC3)C2)c1. The number of anilines is 1. The number of hydrogen-bond acceptors (Lipinski definition) is 5. The number of hydrogen-bond donors (Lipinski definition) is 1. The van der Waals surface area contributed by atoms with Crippen LogP contribution in [0, 0.1) is 5.92 Å². The summed E-state index contributed by atoms with van der Waals surface area (Å²) in [4.78, 5) is 25.8. The van der Waals surface area contributed by atoms with Gasteiger partial charge in [0.15, 0.2) is 0 Å². The summed E-state index contributed by atoms with van der Waals surface area (Å²) in [5, 5.41) is 2.57. The molecule has 1 saturated heterocycles. The summed E-state index contributed by atoms with van der Waals surface area (Å²) < 4.78 is 15.9. The Hall–Kier alpha value is -2.12. The van der Waals surface area contributed by atoms with Crippen LogP contribution in [-0.4, -0.2) is 63.0 Å². The minimum Gasteiger partial charge on any atom is -0.453 e. The van der Waals surface area contributed by atoms with Gasteiger partial charge >= 0.3 is 6.09 Å². The summed E-state index contributed by atoms with van der Waals surface area (Å²) in [5.41, 5.74) is 1.05. The average molecular weight is 348 g/mol. The van der Waals surface area contributed by atoms with Crippen molar-refractivity contribution in [1.29, 1.82) is 0 Å². The topological polar surface area (TPSA) is 77.1 Å². The van der Waals surface area contributed by atoms with Crippen molar-refractivity contribution in [3.05, 3.63) is 29.8 Å². The standard InChI is InChI=1S/C18H24N2O5/c1-23-18(22)19-15-4-2-3-14(9-15)17(21)20-7-8-25-16(10-20)12-24-11-13-5-6-13/h2-4,9,13,16H,5-8,10-12H2,1H3,(H,19,22). The Balaban J connectivity index is 1.55. The maximum atomic E-state index is 12.7. The zero-order valence-electron chi connectivity index (χ0n) is 14.4. The smallest absolute Gasteiger partial charge is 0.411 e. The highest BCUT2D eigenvalue weighted by Gasteiger charge is 2.27. The van der Waals surface area contributed by atoms with Crippen molar-refractivity contribution in [2.24, 2.45) is 5.92 Å². The first kappa shape index (κ1) is 17.7. The minimum atomic E-state index is -0.566. The van der Waals surface area contributed by atoms with Gasteiger partial charge in [0.05, 0.1) is 26.4 Å². The lowest BCUT2D eigenvalue weighted by atomic mass is 10.1. The number of nitrogens with one attached hydrogen (secondary N) is 1. The summed E-state index contributed by atoms with van der Waals surface area (Å²) in [6.45, 7) is 2.87. The summed E-state index contributed by atoms with van der Waals surface area (Å²) >= 11 is 0. The van der Waals surface area contributed by atoms with E-state index in [2.05, 4.69) is 10.1 Å². The van der Waals surface area contributed by atoms with Crippen molar-refractivity contribution in [2.75, 3.05) is 45.3 Å². The molecule has 1 atom stereocenters. The van der Waals surface area contributed by atoms with Crippen LogP contribution in [0.2, 0.25) is 0 Å². The molecule has 1 N–H and O–H groups in total. The summed E-state index contributed by atoms with van der Waals surface area (Å²) in [6, 6.07) is 6.82. The van der Waals surface area contributed by atoms with Gasteiger partial charge in [-0.05, 0) is 37.0 Å². The Kier molecular flexibility index (Phi) is 5.88. The summed E-state index contributed by atoms with van der Waals surface area (Å²) in [5.74, 6) is 0.635. The Morgan fingerprint density at radius 1 is 1.32 bits per heavy atom. The number of carbonyl (C=O) groups is 2. The van der Waals surface area contributed by atoms with E-state index < -0.39 is 6.09 Å². The van der Waals surface area contributed by atoms with E-state index in [1.54, 1.807) is 29.2 Å². The molecule has 7 heteroatoms. The van der Waals surface area contributed by atoms with Crippen LogP contribution in [0.5, 0.6) is 0 Å². The molecule has 0 radical (unpaired) electrons. The summed E-state index contributed by atoms with van der Waals surface area (Å²) in [6.07, 6.45) is 1.86. The number of rotatable bonds is 6. The number of methoxy groups -OCH3 is 1. The predicted octanol–water partition coefficient (Wildman–Crippen LogP) is 2.13. The fourth-order valence-corrected chi connectivity index (χ4v) is 2.74. The highest BCUT2D eigenvalue weighted by molar-refractivity contribution is 5.96. The molecule has 1 aliphatic carbocycles. The van der Waals surface area contributed by atoms with Gasteiger partial charge in [-0.25, -0.2) is 4.79 Å². The first-order valence-electron chi connectivity index (χ1n) is 8.59. The van der Waals surface area contributed by atoms with Gasteiger partial charge in [0.1, 0.15) is 0 Å². The highest BCUT2D eigenvalue weighted by atomic mass is 16.5.